The van der Waals surface area contributed by atoms with E-state index in [0.717, 1.165) is 0 Å². The topological polar surface area (TPSA) is 37.4 Å². The van der Waals surface area contributed by atoms with Crippen LogP contribution in [0.2, 0.25) is 0 Å². The number of ketones is 1. The van der Waals surface area contributed by atoms with Gasteiger partial charge in [-0.3, -0.25) is 9.59 Å². The fourth-order valence-electron chi connectivity index (χ4n) is 2.19. The molecule has 1 amide bonds. The molecule has 1 aliphatic rings. The number of likely N-dealkylation sites (tertiary alicyclic amines) is 1. The lowest BCUT2D eigenvalue weighted by atomic mass is 10.1. The molecule has 1 unspecified atom stereocenters. The van der Waals surface area contributed by atoms with E-state index < -0.39 is 0 Å². The van der Waals surface area contributed by atoms with Crippen molar-refractivity contribution in [2.45, 2.75) is 33.2 Å². The number of nitrogens with zero attached hydrogens (tertiary/aromatic N) is 1. The summed E-state index contributed by atoms with van der Waals surface area (Å²) in [6.07, 6.45) is 0.0759. The number of amides is 1. The SMILES string of the molecule is Cc1cc(C(C)N2CC(=O)CC2=O)c(C)s1. The molecule has 2 rings (SSSR count). The highest BCUT2D eigenvalue weighted by molar-refractivity contribution is 7.12. The van der Waals surface area contributed by atoms with Crippen LogP contribution in [0.25, 0.3) is 0 Å². The number of carbonyl (C=O) groups is 2. The summed E-state index contributed by atoms with van der Waals surface area (Å²) in [5.74, 6) is -0.0118. The second-order valence-electron chi connectivity index (χ2n) is 4.28. The summed E-state index contributed by atoms with van der Waals surface area (Å²) in [6, 6.07) is 2.13. The third kappa shape index (κ3) is 1.89. The van der Waals surface area contributed by atoms with Gasteiger partial charge in [0, 0.05) is 9.75 Å². The summed E-state index contributed by atoms with van der Waals surface area (Å²) in [7, 11) is 0. The smallest absolute Gasteiger partial charge is 0.231 e. The first-order valence-corrected chi connectivity index (χ1v) is 6.19. The van der Waals surface area contributed by atoms with Crippen molar-refractivity contribution in [1.82, 2.24) is 4.90 Å². The summed E-state index contributed by atoms with van der Waals surface area (Å²) in [6.45, 7) is 6.38. The Balaban J connectivity index is 2.25. The Morgan fingerprint density at radius 2 is 2.06 bits per heavy atom. The Bertz CT molecular complexity index is 450. The number of thiophene rings is 1. The zero-order valence-corrected chi connectivity index (χ0v) is 10.6. The fraction of sp³-hybridized carbons (Fsp3) is 0.500. The van der Waals surface area contributed by atoms with E-state index in [1.807, 2.05) is 6.92 Å². The predicted molar refractivity (Wildman–Crippen MR) is 63.5 cm³/mol. The number of hydrogen-bond donors (Lipinski definition) is 0. The van der Waals surface area contributed by atoms with Crippen LogP contribution in [-0.2, 0) is 9.59 Å². The first-order chi connectivity index (χ1) is 7.49. The molecule has 0 spiro atoms. The first kappa shape index (κ1) is 11.3. The van der Waals surface area contributed by atoms with Crippen LogP contribution < -0.4 is 0 Å². The minimum absolute atomic E-state index is 0.0175. The molecule has 86 valence electrons. The van der Waals surface area contributed by atoms with Crippen LogP contribution in [0.3, 0.4) is 0 Å². The maximum Gasteiger partial charge on any atom is 0.231 e. The monoisotopic (exact) mass is 237 g/mol. The van der Waals surface area contributed by atoms with Crippen molar-refractivity contribution in [3.63, 3.8) is 0 Å². The number of hydrogen-bond acceptors (Lipinski definition) is 3. The summed E-state index contributed by atoms with van der Waals surface area (Å²) < 4.78 is 0. The minimum Gasteiger partial charge on any atom is -0.328 e. The standard InChI is InChI=1S/C12H15NO2S/c1-7-4-11(9(3)16-7)8(2)13-6-10(14)5-12(13)15/h4,8H,5-6H2,1-3H3. The van der Waals surface area contributed by atoms with Crippen LogP contribution in [-0.4, -0.2) is 23.1 Å². The number of rotatable bonds is 2. The van der Waals surface area contributed by atoms with Crippen LogP contribution in [0.1, 0.15) is 34.7 Å². The van der Waals surface area contributed by atoms with Crippen molar-refractivity contribution in [2.24, 2.45) is 0 Å². The Hall–Kier alpha value is -1.16. The fourth-order valence-corrected chi connectivity index (χ4v) is 3.21. The lowest BCUT2D eigenvalue weighted by Crippen LogP contribution is -2.28. The number of carbonyl (C=O) groups excluding carboxylic acids is 2. The van der Waals surface area contributed by atoms with Crippen molar-refractivity contribution in [1.29, 1.82) is 0 Å². The van der Waals surface area contributed by atoms with Crippen molar-refractivity contribution >= 4 is 23.0 Å². The summed E-state index contributed by atoms with van der Waals surface area (Å²) >= 11 is 1.74. The molecule has 1 aliphatic heterocycles. The Labute approximate surface area is 99.1 Å². The van der Waals surface area contributed by atoms with Crippen molar-refractivity contribution < 1.29 is 9.59 Å². The van der Waals surface area contributed by atoms with Crippen molar-refractivity contribution in [3.8, 4) is 0 Å². The number of aryl methyl sites for hydroxylation is 2. The molecule has 1 atom stereocenters. The minimum atomic E-state index is -0.0410. The van der Waals surface area contributed by atoms with E-state index in [0.29, 0.717) is 0 Å². The molecule has 0 aromatic carbocycles. The quantitative estimate of drug-likeness (QED) is 0.740. The Morgan fingerprint density at radius 1 is 1.38 bits per heavy atom. The van der Waals surface area contributed by atoms with Crippen molar-refractivity contribution in [2.75, 3.05) is 6.54 Å². The van der Waals surface area contributed by atoms with Gasteiger partial charge in [-0.2, -0.15) is 0 Å². The van der Waals surface area contributed by atoms with Crippen molar-refractivity contribution in [3.05, 3.63) is 21.4 Å². The van der Waals surface area contributed by atoms with Gasteiger partial charge in [0.2, 0.25) is 5.91 Å². The van der Waals surface area contributed by atoms with Gasteiger partial charge in [-0.25, -0.2) is 0 Å². The van der Waals surface area contributed by atoms with E-state index in [4.69, 9.17) is 0 Å². The third-order valence-electron chi connectivity index (χ3n) is 3.01. The molecule has 0 N–H and O–H groups in total. The molecule has 0 aliphatic carbocycles. The molecule has 0 bridgehead atoms. The second kappa shape index (κ2) is 4.01. The van der Waals surface area contributed by atoms with E-state index in [9.17, 15) is 9.59 Å². The second-order valence-corrected chi connectivity index (χ2v) is 5.74. The first-order valence-electron chi connectivity index (χ1n) is 5.37. The van der Waals surface area contributed by atoms with Crippen LogP contribution >= 0.6 is 11.3 Å². The maximum atomic E-state index is 11.6. The van der Waals surface area contributed by atoms with E-state index in [-0.39, 0.29) is 30.7 Å². The van der Waals surface area contributed by atoms with Gasteiger partial charge in [0.15, 0.2) is 5.78 Å². The van der Waals surface area contributed by atoms with E-state index in [1.165, 1.54) is 15.3 Å². The molecule has 3 nitrogen and oxygen atoms in total. The molecular weight excluding hydrogens is 222 g/mol. The van der Waals surface area contributed by atoms with Gasteiger partial charge in [0.25, 0.3) is 0 Å². The highest BCUT2D eigenvalue weighted by Gasteiger charge is 2.32. The highest BCUT2D eigenvalue weighted by atomic mass is 32.1. The highest BCUT2D eigenvalue weighted by Crippen LogP contribution is 2.31. The third-order valence-corrected chi connectivity index (χ3v) is 3.99. The largest absolute Gasteiger partial charge is 0.328 e. The molecule has 16 heavy (non-hydrogen) atoms. The van der Waals surface area contributed by atoms with Gasteiger partial charge in [-0.05, 0) is 32.4 Å². The molecule has 0 saturated carbocycles. The van der Waals surface area contributed by atoms with Crippen LogP contribution in [0, 0.1) is 13.8 Å². The maximum absolute atomic E-state index is 11.6. The summed E-state index contributed by atoms with van der Waals surface area (Å²) in [5.41, 5.74) is 1.17. The Kier molecular flexibility index (Phi) is 2.84. The van der Waals surface area contributed by atoms with Gasteiger partial charge in [-0.15, -0.1) is 11.3 Å². The van der Waals surface area contributed by atoms with Crippen LogP contribution in [0.15, 0.2) is 6.07 Å². The van der Waals surface area contributed by atoms with E-state index in [2.05, 4.69) is 19.9 Å². The lowest BCUT2D eigenvalue weighted by molar-refractivity contribution is -0.129. The molecule has 0 radical (unpaired) electrons. The van der Waals surface area contributed by atoms with E-state index >= 15 is 0 Å². The molecule has 1 aromatic rings. The van der Waals surface area contributed by atoms with Crippen LogP contribution in [0.4, 0.5) is 0 Å². The van der Waals surface area contributed by atoms with Gasteiger partial charge in [0.1, 0.15) is 0 Å². The Morgan fingerprint density at radius 3 is 2.50 bits per heavy atom. The zero-order valence-electron chi connectivity index (χ0n) is 9.74. The molecule has 2 heterocycles. The average Bonchev–Trinajstić information content (AvgIpc) is 2.68. The predicted octanol–water partition coefficient (Wildman–Crippen LogP) is 2.23. The van der Waals surface area contributed by atoms with Gasteiger partial charge in [-0.1, -0.05) is 0 Å². The number of Topliss-reactive ketones (excluding diaryl/α,β-unsaturated/α-hetero) is 1. The van der Waals surface area contributed by atoms with Crippen LogP contribution in [0.5, 0.6) is 0 Å². The molecular formula is C12H15NO2S. The molecule has 4 heteroatoms. The lowest BCUT2D eigenvalue weighted by Gasteiger charge is -2.23. The zero-order chi connectivity index (χ0) is 11.9. The summed E-state index contributed by atoms with van der Waals surface area (Å²) in [5, 5.41) is 0. The van der Waals surface area contributed by atoms with E-state index in [1.54, 1.807) is 16.2 Å². The van der Waals surface area contributed by atoms with Gasteiger partial charge < -0.3 is 4.90 Å². The molecule has 1 aromatic heterocycles. The molecule has 1 saturated heterocycles. The molecule has 1 fully saturated rings. The van der Waals surface area contributed by atoms with Gasteiger partial charge in [0.05, 0.1) is 19.0 Å². The van der Waals surface area contributed by atoms with Gasteiger partial charge >= 0.3 is 0 Å². The normalized spacial score (nSPS) is 18.3. The average molecular weight is 237 g/mol. The summed E-state index contributed by atoms with van der Waals surface area (Å²) in [4.78, 5) is 27.0.